The van der Waals surface area contributed by atoms with Gasteiger partial charge in [-0.05, 0) is 23.8 Å². The van der Waals surface area contributed by atoms with Crippen molar-refractivity contribution in [1.82, 2.24) is 5.32 Å². The Morgan fingerprint density at radius 1 is 1.12 bits per heavy atom. The van der Waals surface area contributed by atoms with Crippen LogP contribution in [0.15, 0.2) is 54.6 Å². The minimum atomic E-state index is -1.09. The van der Waals surface area contributed by atoms with Gasteiger partial charge in [0.1, 0.15) is 17.5 Å². The van der Waals surface area contributed by atoms with Crippen molar-refractivity contribution in [3.05, 3.63) is 65.7 Å². The van der Waals surface area contributed by atoms with Crippen LogP contribution in [0.2, 0.25) is 0 Å². The van der Waals surface area contributed by atoms with E-state index in [-0.39, 0.29) is 6.42 Å². The van der Waals surface area contributed by atoms with Crippen molar-refractivity contribution < 1.29 is 24.2 Å². The molecule has 0 aliphatic carbocycles. The second kappa shape index (κ2) is 9.27. The van der Waals surface area contributed by atoms with Crippen LogP contribution < -0.4 is 14.8 Å². The van der Waals surface area contributed by atoms with E-state index in [1.807, 2.05) is 30.3 Å². The van der Waals surface area contributed by atoms with Gasteiger partial charge in [0.25, 0.3) is 0 Å². The number of carbonyl (C=O) groups is 2. The molecule has 1 unspecified atom stereocenters. The van der Waals surface area contributed by atoms with Gasteiger partial charge >= 0.3 is 5.97 Å². The zero-order chi connectivity index (χ0) is 18.9. The molecule has 0 saturated carbocycles. The molecular weight excluding hydrogens is 334 g/mol. The van der Waals surface area contributed by atoms with Gasteiger partial charge in [0.05, 0.1) is 14.2 Å². The van der Waals surface area contributed by atoms with Gasteiger partial charge in [0, 0.05) is 24.1 Å². The lowest BCUT2D eigenvalue weighted by Gasteiger charge is -2.13. The lowest BCUT2D eigenvalue weighted by atomic mass is 10.1. The molecule has 2 aromatic carbocycles. The number of hydrogen-bond acceptors (Lipinski definition) is 4. The Labute approximate surface area is 152 Å². The molecule has 26 heavy (non-hydrogen) atoms. The number of amides is 1. The molecule has 0 fully saturated rings. The first kappa shape index (κ1) is 19.1. The third-order valence-electron chi connectivity index (χ3n) is 3.75. The highest BCUT2D eigenvalue weighted by molar-refractivity contribution is 5.94. The van der Waals surface area contributed by atoms with Crippen molar-refractivity contribution in [2.45, 2.75) is 12.5 Å². The van der Waals surface area contributed by atoms with Gasteiger partial charge < -0.3 is 19.9 Å². The number of methoxy groups -OCH3 is 2. The third-order valence-corrected chi connectivity index (χ3v) is 3.75. The minimum absolute atomic E-state index is 0.210. The summed E-state index contributed by atoms with van der Waals surface area (Å²) in [5, 5.41) is 11.8. The van der Waals surface area contributed by atoms with E-state index in [4.69, 9.17) is 9.47 Å². The van der Waals surface area contributed by atoms with Crippen molar-refractivity contribution in [3.8, 4) is 11.5 Å². The monoisotopic (exact) mass is 355 g/mol. The van der Waals surface area contributed by atoms with Crippen LogP contribution in [0.4, 0.5) is 0 Å². The van der Waals surface area contributed by atoms with Crippen LogP contribution in [0.5, 0.6) is 11.5 Å². The molecule has 2 rings (SSSR count). The summed E-state index contributed by atoms with van der Waals surface area (Å²) < 4.78 is 10.4. The van der Waals surface area contributed by atoms with Crippen LogP contribution >= 0.6 is 0 Å². The molecule has 0 radical (unpaired) electrons. The summed E-state index contributed by atoms with van der Waals surface area (Å²) in [6, 6.07) is 13.3. The minimum Gasteiger partial charge on any atom is -0.497 e. The standard InChI is InChI=1S/C20H21NO5/c1-25-16-10-8-15(18(13-16)26-2)9-11-19(22)21-17(20(23)24)12-14-6-4-3-5-7-14/h3-11,13,17H,12H2,1-2H3,(H,21,22)(H,23,24)/b11-9+. The van der Waals surface area contributed by atoms with Crippen molar-refractivity contribution in [2.75, 3.05) is 14.2 Å². The van der Waals surface area contributed by atoms with Crippen molar-refractivity contribution in [1.29, 1.82) is 0 Å². The first-order chi connectivity index (χ1) is 12.5. The van der Waals surface area contributed by atoms with Crippen molar-refractivity contribution in [3.63, 3.8) is 0 Å². The maximum atomic E-state index is 12.1. The molecule has 2 aromatic rings. The summed E-state index contributed by atoms with van der Waals surface area (Å²) in [5.74, 6) is -0.395. The molecule has 136 valence electrons. The Hall–Kier alpha value is -3.28. The van der Waals surface area contributed by atoms with Gasteiger partial charge in [-0.3, -0.25) is 4.79 Å². The fraction of sp³-hybridized carbons (Fsp3) is 0.200. The number of carboxylic acid groups (broad SMARTS) is 1. The van der Waals surface area contributed by atoms with E-state index in [9.17, 15) is 14.7 Å². The van der Waals surface area contributed by atoms with Crippen LogP contribution in [-0.2, 0) is 16.0 Å². The quantitative estimate of drug-likeness (QED) is 0.711. The highest BCUT2D eigenvalue weighted by atomic mass is 16.5. The fourth-order valence-electron chi connectivity index (χ4n) is 2.39. The van der Waals surface area contributed by atoms with E-state index >= 15 is 0 Å². The summed E-state index contributed by atoms with van der Waals surface area (Å²) in [7, 11) is 3.07. The average molecular weight is 355 g/mol. The van der Waals surface area contributed by atoms with Crippen molar-refractivity contribution in [2.24, 2.45) is 0 Å². The Bertz CT molecular complexity index is 786. The van der Waals surface area contributed by atoms with Gasteiger partial charge in [0.2, 0.25) is 5.91 Å². The van der Waals surface area contributed by atoms with Gasteiger partial charge in [-0.25, -0.2) is 4.79 Å². The molecule has 1 atom stereocenters. The number of carbonyl (C=O) groups excluding carboxylic acids is 1. The van der Waals surface area contributed by atoms with Gasteiger partial charge in [-0.15, -0.1) is 0 Å². The van der Waals surface area contributed by atoms with Crippen LogP contribution in [0.1, 0.15) is 11.1 Å². The number of aliphatic carboxylic acids is 1. The number of hydrogen-bond donors (Lipinski definition) is 2. The summed E-state index contributed by atoms with van der Waals surface area (Å²) in [5.41, 5.74) is 1.51. The first-order valence-corrected chi connectivity index (χ1v) is 8.01. The Kier molecular flexibility index (Phi) is 6.79. The zero-order valence-electron chi connectivity index (χ0n) is 14.6. The molecule has 0 aliphatic rings. The second-order valence-corrected chi connectivity index (χ2v) is 5.53. The Morgan fingerprint density at radius 2 is 1.85 bits per heavy atom. The molecule has 6 nitrogen and oxygen atoms in total. The lowest BCUT2D eigenvalue weighted by molar-refractivity contribution is -0.141. The number of nitrogens with one attached hydrogen (secondary N) is 1. The van der Waals surface area contributed by atoms with E-state index in [0.29, 0.717) is 17.1 Å². The Balaban J connectivity index is 2.06. The van der Waals surface area contributed by atoms with Crippen molar-refractivity contribution >= 4 is 18.0 Å². The second-order valence-electron chi connectivity index (χ2n) is 5.53. The number of rotatable bonds is 8. The van der Waals surface area contributed by atoms with E-state index in [2.05, 4.69) is 5.32 Å². The normalized spacial score (nSPS) is 11.8. The molecule has 2 N–H and O–H groups in total. The highest BCUT2D eigenvalue weighted by Gasteiger charge is 2.19. The lowest BCUT2D eigenvalue weighted by Crippen LogP contribution is -2.41. The number of benzene rings is 2. The van der Waals surface area contributed by atoms with E-state index in [0.717, 1.165) is 5.56 Å². The van der Waals surface area contributed by atoms with Gasteiger partial charge in [-0.2, -0.15) is 0 Å². The van der Waals surface area contributed by atoms with Crippen LogP contribution in [-0.4, -0.2) is 37.2 Å². The maximum Gasteiger partial charge on any atom is 0.326 e. The average Bonchev–Trinajstić information content (AvgIpc) is 2.66. The topological polar surface area (TPSA) is 84.9 Å². The van der Waals surface area contributed by atoms with Gasteiger partial charge in [-0.1, -0.05) is 30.3 Å². The molecular formula is C20H21NO5. The maximum absolute atomic E-state index is 12.1. The summed E-state index contributed by atoms with van der Waals surface area (Å²) in [4.78, 5) is 23.5. The predicted octanol–water partition coefficient (Wildman–Crippen LogP) is 2.53. The SMILES string of the molecule is COc1ccc(/C=C/C(=O)NC(Cc2ccccc2)C(=O)O)c(OC)c1. The third kappa shape index (κ3) is 5.37. The molecule has 0 aliphatic heterocycles. The zero-order valence-corrected chi connectivity index (χ0v) is 14.6. The molecule has 0 spiro atoms. The summed E-state index contributed by atoms with van der Waals surface area (Å²) >= 11 is 0. The van der Waals surface area contributed by atoms with Gasteiger partial charge in [0.15, 0.2) is 0 Å². The largest absolute Gasteiger partial charge is 0.497 e. The van der Waals surface area contributed by atoms with Crippen LogP contribution in [0, 0.1) is 0 Å². The fourth-order valence-corrected chi connectivity index (χ4v) is 2.39. The Morgan fingerprint density at radius 3 is 2.46 bits per heavy atom. The highest BCUT2D eigenvalue weighted by Crippen LogP contribution is 2.25. The van der Waals surface area contributed by atoms with E-state index < -0.39 is 17.9 Å². The summed E-state index contributed by atoms with van der Waals surface area (Å²) in [6.07, 6.45) is 3.06. The number of ether oxygens (including phenoxy) is 2. The molecule has 0 bridgehead atoms. The molecule has 0 saturated heterocycles. The van der Waals surface area contributed by atoms with Crippen LogP contribution in [0.25, 0.3) is 6.08 Å². The number of carboxylic acids is 1. The molecule has 0 heterocycles. The van der Waals surface area contributed by atoms with E-state index in [1.54, 1.807) is 31.4 Å². The predicted molar refractivity (Wildman–Crippen MR) is 98.3 cm³/mol. The smallest absolute Gasteiger partial charge is 0.326 e. The van der Waals surface area contributed by atoms with Crippen LogP contribution in [0.3, 0.4) is 0 Å². The molecule has 1 amide bonds. The summed E-state index contributed by atoms with van der Waals surface area (Å²) in [6.45, 7) is 0. The molecule has 6 heteroatoms. The van der Waals surface area contributed by atoms with E-state index in [1.165, 1.54) is 13.2 Å². The molecule has 0 aromatic heterocycles. The first-order valence-electron chi connectivity index (χ1n) is 8.01.